The summed E-state index contributed by atoms with van der Waals surface area (Å²) in [6.07, 6.45) is 1.62. The van der Waals surface area contributed by atoms with Gasteiger partial charge in [0.1, 0.15) is 12.1 Å². The first kappa shape index (κ1) is 17.1. The molecule has 0 aromatic rings. The van der Waals surface area contributed by atoms with E-state index in [0.717, 1.165) is 6.42 Å². The summed E-state index contributed by atoms with van der Waals surface area (Å²) in [6, 6.07) is -1.27. The van der Waals surface area contributed by atoms with E-state index in [1.807, 2.05) is 6.92 Å². The molecule has 1 heterocycles. The Kier molecular flexibility index (Phi) is 6.16. The molecule has 116 valence electrons. The number of piperazine rings is 1. The van der Waals surface area contributed by atoms with Crippen LogP contribution in [0.1, 0.15) is 33.1 Å². The highest BCUT2D eigenvalue weighted by atomic mass is 32.2. The molecule has 0 aromatic heterocycles. The number of carbonyl (C=O) groups is 2. The summed E-state index contributed by atoms with van der Waals surface area (Å²) in [7, 11) is 0. The molecule has 2 atom stereocenters. The topological polar surface area (TPSA) is 49.4 Å². The van der Waals surface area contributed by atoms with E-state index in [9.17, 15) is 22.8 Å². The molecule has 1 N–H and O–H groups in total. The Bertz CT molecular complexity index is 363. The summed E-state index contributed by atoms with van der Waals surface area (Å²) >= 11 is -0.168. The van der Waals surface area contributed by atoms with Gasteiger partial charge in [-0.05, 0) is 24.6 Å². The fourth-order valence-electron chi connectivity index (χ4n) is 2.24. The van der Waals surface area contributed by atoms with Gasteiger partial charge < -0.3 is 10.2 Å². The van der Waals surface area contributed by atoms with E-state index in [1.54, 1.807) is 6.92 Å². The molecule has 1 fully saturated rings. The highest BCUT2D eigenvalue weighted by Gasteiger charge is 2.39. The molecule has 0 aromatic carbocycles. The summed E-state index contributed by atoms with van der Waals surface area (Å²) in [4.78, 5) is 25.4. The van der Waals surface area contributed by atoms with Crippen LogP contribution in [-0.2, 0) is 9.59 Å². The number of nitrogens with one attached hydrogen (secondary N) is 1. The number of hydrogen-bond donors (Lipinski definition) is 1. The van der Waals surface area contributed by atoms with E-state index in [2.05, 4.69) is 5.32 Å². The van der Waals surface area contributed by atoms with Crippen LogP contribution >= 0.6 is 11.8 Å². The zero-order valence-electron chi connectivity index (χ0n) is 11.5. The number of alkyl halides is 3. The second-order valence-electron chi connectivity index (χ2n) is 4.60. The van der Waals surface area contributed by atoms with Gasteiger partial charge in [-0.3, -0.25) is 9.59 Å². The van der Waals surface area contributed by atoms with Crippen LogP contribution in [0.4, 0.5) is 13.2 Å². The molecule has 2 unspecified atom stereocenters. The van der Waals surface area contributed by atoms with E-state index in [-0.39, 0.29) is 35.9 Å². The second-order valence-corrected chi connectivity index (χ2v) is 5.76. The van der Waals surface area contributed by atoms with Crippen molar-refractivity contribution < 1.29 is 22.8 Å². The molecule has 0 spiro atoms. The molecule has 0 radical (unpaired) electrons. The van der Waals surface area contributed by atoms with Crippen LogP contribution in [0, 0.1) is 0 Å². The molecule has 0 aliphatic carbocycles. The van der Waals surface area contributed by atoms with Gasteiger partial charge in [0.25, 0.3) is 0 Å². The lowest BCUT2D eigenvalue weighted by Crippen LogP contribution is -2.63. The molecule has 8 heteroatoms. The molecule has 1 saturated heterocycles. The summed E-state index contributed by atoms with van der Waals surface area (Å²) in [5, 5.41) is 2.65. The van der Waals surface area contributed by atoms with Gasteiger partial charge in [0.15, 0.2) is 0 Å². The highest BCUT2D eigenvalue weighted by molar-refractivity contribution is 8.00. The van der Waals surface area contributed by atoms with Gasteiger partial charge in [-0.25, -0.2) is 0 Å². The van der Waals surface area contributed by atoms with Gasteiger partial charge in [0, 0.05) is 12.3 Å². The number of rotatable bonds is 6. The van der Waals surface area contributed by atoms with E-state index >= 15 is 0 Å². The molecule has 4 nitrogen and oxygen atoms in total. The number of hydrogen-bond acceptors (Lipinski definition) is 3. The predicted octanol–water partition coefficient (Wildman–Crippen LogP) is 2.15. The van der Waals surface area contributed by atoms with Crippen LogP contribution in [0.25, 0.3) is 0 Å². The molecule has 1 aliphatic heterocycles. The highest BCUT2D eigenvalue weighted by Crippen LogP contribution is 2.30. The molecule has 2 amide bonds. The zero-order valence-corrected chi connectivity index (χ0v) is 12.3. The SMILES string of the molecule is CCCC1NC(=O)C(CC)N(CCSC(F)(F)F)C1=O. The normalized spacial score (nSPS) is 23.9. The summed E-state index contributed by atoms with van der Waals surface area (Å²) in [5.74, 6) is -0.804. The van der Waals surface area contributed by atoms with Crippen molar-refractivity contribution in [3.63, 3.8) is 0 Å². The van der Waals surface area contributed by atoms with Gasteiger partial charge in [-0.15, -0.1) is 0 Å². The third-order valence-corrected chi connectivity index (χ3v) is 3.85. The Morgan fingerprint density at radius 1 is 1.30 bits per heavy atom. The maximum atomic E-state index is 12.2. The fourth-order valence-corrected chi connectivity index (χ4v) is 2.76. The largest absolute Gasteiger partial charge is 0.441 e. The van der Waals surface area contributed by atoms with Gasteiger partial charge in [-0.2, -0.15) is 13.2 Å². The third kappa shape index (κ3) is 4.57. The molecule has 0 bridgehead atoms. The van der Waals surface area contributed by atoms with Crippen molar-refractivity contribution in [2.45, 2.75) is 50.7 Å². The van der Waals surface area contributed by atoms with Gasteiger partial charge in [0.2, 0.25) is 11.8 Å². The van der Waals surface area contributed by atoms with E-state index in [1.165, 1.54) is 4.90 Å². The zero-order chi connectivity index (χ0) is 15.3. The first-order valence-electron chi connectivity index (χ1n) is 6.61. The first-order valence-corrected chi connectivity index (χ1v) is 7.60. The average Bonchev–Trinajstić information content (AvgIpc) is 2.34. The molecular weight excluding hydrogens is 293 g/mol. The van der Waals surface area contributed by atoms with E-state index in [4.69, 9.17) is 0 Å². The molecule has 0 saturated carbocycles. The fraction of sp³-hybridized carbons (Fsp3) is 0.833. The van der Waals surface area contributed by atoms with Crippen LogP contribution in [-0.4, -0.2) is 46.6 Å². The Labute approximate surface area is 120 Å². The minimum atomic E-state index is -4.31. The minimum Gasteiger partial charge on any atom is -0.343 e. The van der Waals surface area contributed by atoms with Crippen LogP contribution in [0.3, 0.4) is 0 Å². The molecular formula is C12H19F3N2O2S. The number of nitrogens with zero attached hydrogens (tertiary/aromatic N) is 1. The van der Waals surface area contributed by atoms with Crippen molar-refractivity contribution in [3.05, 3.63) is 0 Å². The Hall–Kier alpha value is -0.920. The van der Waals surface area contributed by atoms with Gasteiger partial charge in [0.05, 0.1) is 0 Å². The van der Waals surface area contributed by atoms with Gasteiger partial charge >= 0.3 is 5.51 Å². The van der Waals surface area contributed by atoms with Crippen LogP contribution in [0.2, 0.25) is 0 Å². The van der Waals surface area contributed by atoms with Crippen molar-refractivity contribution >= 4 is 23.6 Å². The van der Waals surface area contributed by atoms with Crippen LogP contribution in [0.15, 0.2) is 0 Å². The van der Waals surface area contributed by atoms with Crippen molar-refractivity contribution in [1.29, 1.82) is 0 Å². The first-order chi connectivity index (χ1) is 9.30. The Balaban J connectivity index is 2.70. The summed E-state index contributed by atoms with van der Waals surface area (Å²) in [6.45, 7) is 3.56. The van der Waals surface area contributed by atoms with Crippen molar-refractivity contribution in [3.8, 4) is 0 Å². The summed E-state index contributed by atoms with van der Waals surface area (Å²) < 4.78 is 36.4. The average molecular weight is 312 g/mol. The van der Waals surface area contributed by atoms with Crippen molar-refractivity contribution in [2.24, 2.45) is 0 Å². The minimum absolute atomic E-state index is 0.0604. The third-order valence-electron chi connectivity index (χ3n) is 3.14. The predicted molar refractivity (Wildman–Crippen MR) is 71.1 cm³/mol. The van der Waals surface area contributed by atoms with Crippen LogP contribution in [0.5, 0.6) is 0 Å². The Morgan fingerprint density at radius 3 is 2.45 bits per heavy atom. The van der Waals surface area contributed by atoms with Crippen molar-refractivity contribution in [2.75, 3.05) is 12.3 Å². The Morgan fingerprint density at radius 2 is 1.95 bits per heavy atom. The maximum absolute atomic E-state index is 12.2. The lowest BCUT2D eigenvalue weighted by atomic mass is 10.0. The number of thioether (sulfide) groups is 1. The van der Waals surface area contributed by atoms with Crippen LogP contribution < -0.4 is 5.32 Å². The molecule has 20 heavy (non-hydrogen) atoms. The van der Waals surface area contributed by atoms with E-state index in [0.29, 0.717) is 12.8 Å². The number of carbonyl (C=O) groups excluding carboxylic acids is 2. The van der Waals surface area contributed by atoms with Crippen molar-refractivity contribution in [1.82, 2.24) is 10.2 Å². The summed E-state index contributed by atoms with van der Waals surface area (Å²) in [5.41, 5.74) is -4.31. The quantitative estimate of drug-likeness (QED) is 0.817. The smallest absolute Gasteiger partial charge is 0.343 e. The number of amides is 2. The maximum Gasteiger partial charge on any atom is 0.441 e. The number of halogens is 3. The van der Waals surface area contributed by atoms with E-state index < -0.39 is 17.6 Å². The lowest BCUT2D eigenvalue weighted by molar-refractivity contribution is -0.149. The second kappa shape index (κ2) is 7.19. The monoisotopic (exact) mass is 312 g/mol. The standard InChI is InChI=1S/C12H19F3N2O2S/c1-3-5-8-11(19)17(6-7-20-12(13,14)15)9(4-2)10(18)16-8/h8-9H,3-7H2,1-2H3,(H,16,18). The van der Waals surface area contributed by atoms with Gasteiger partial charge in [-0.1, -0.05) is 20.3 Å². The molecule has 1 aliphatic rings. The lowest BCUT2D eigenvalue weighted by Gasteiger charge is -2.38. The molecule has 1 rings (SSSR count).